The maximum Gasteiger partial charge on any atom is 0.180 e. The number of aryl methyl sites for hydroxylation is 1. The lowest BCUT2D eigenvalue weighted by atomic mass is 9.91. The van der Waals surface area contributed by atoms with Crippen LogP contribution in [-0.4, -0.2) is 4.30 Å². The second kappa shape index (κ2) is 16.9. The number of rotatable bonds is 0. The van der Waals surface area contributed by atoms with E-state index in [1.54, 1.807) is 0 Å². The molecule has 3 aromatic rings. The molecule has 0 amide bonds. The number of hydrogen-bond acceptors (Lipinski definition) is 2. The molecule has 0 aliphatic heterocycles. The Bertz CT molecular complexity index is 1110. The molecule has 0 radical (unpaired) electrons. The molecule has 0 bridgehead atoms. The minimum atomic E-state index is -0.750. The molecular weight excluding hydrogens is 746 g/mol. The van der Waals surface area contributed by atoms with Crippen LogP contribution in [0.5, 0.6) is 0 Å². The van der Waals surface area contributed by atoms with Crippen molar-refractivity contribution in [2.45, 2.75) is 81.3 Å². The Hall–Kier alpha value is -0.430. The summed E-state index contributed by atoms with van der Waals surface area (Å²) in [7, 11) is 0. The Morgan fingerprint density at radius 2 is 0.846 bits per heavy atom. The average Bonchev–Trinajstić information content (AvgIpc) is 2.94. The zero-order valence-corrected chi connectivity index (χ0v) is 29.1. The number of nitrogens with two attached hydrogens (primary N) is 2. The highest BCUT2D eigenvalue weighted by molar-refractivity contribution is 9.11. The molecule has 39 heavy (non-hydrogen) atoms. The van der Waals surface area contributed by atoms with Gasteiger partial charge >= 0.3 is 0 Å². The highest BCUT2D eigenvalue weighted by Crippen LogP contribution is 2.33. The first-order valence-electron chi connectivity index (χ1n) is 13.5. The van der Waals surface area contributed by atoms with E-state index in [0.29, 0.717) is 0 Å². The molecule has 0 spiro atoms. The quantitative estimate of drug-likeness (QED) is 0.176. The van der Waals surface area contributed by atoms with E-state index in [0.717, 1.165) is 17.8 Å². The molecule has 0 saturated heterocycles. The van der Waals surface area contributed by atoms with Crippen molar-refractivity contribution in [3.63, 3.8) is 0 Å². The number of fused-ring (bicyclic) bond motifs is 3. The zero-order chi connectivity index (χ0) is 28.4. The third kappa shape index (κ3) is 10.1. The summed E-state index contributed by atoms with van der Waals surface area (Å²) >= 11 is 25.2. The van der Waals surface area contributed by atoms with Gasteiger partial charge in [0.1, 0.15) is 0 Å². The lowest BCUT2D eigenvalue weighted by molar-refractivity contribution is 0.680. The Morgan fingerprint density at radius 1 is 0.487 bits per heavy atom. The SMILES string of the molecule is Brc1ccc(Br)c2c1CCCC2.ClC(Cl)Cl.Nc1ccc(Br)c2c1CCCC2.Nc1cccc2c1CCCC2. The van der Waals surface area contributed by atoms with Gasteiger partial charge in [-0.3, -0.25) is 0 Å². The lowest BCUT2D eigenvalue weighted by Crippen LogP contribution is -2.06. The van der Waals surface area contributed by atoms with Crippen LogP contribution in [0.25, 0.3) is 0 Å². The van der Waals surface area contributed by atoms with Crippen LogP contribution in [0, 0.1) is 0 Å². The first-order chi connectivity index (χ1) is 18.7. The predicted octanol–water partition coefficient (Wildman–Crippen LogP) is 11.1. The molecule has 3 aromatic carbocycles. The van der Waals surface area contributed by atoms with E-state index in [-0.39, 0.29) is 0 Å². The number of alkyl halides is 3. The normalized spacial score (nSPS) is 15.2. The fraction of sp³-hybridized carbons (Fsp3) is 0.419. The Kier molecular flexibility index (Phi) is 14.3. The van der Waals surface area contributed by atoms with Crippen LogP contribution in [0.15, 0.2) is 55.9 Å². The summed E-state index contributed by atoms with van der Waals surface area (Å²) in [4.78, 5) is 0. The number of anilines is 2. The summed E-state index contributed by atoms with van der Waals surface area (Å²) in [6.45, 7) is 0. The summed E-state index contributed by atoms with van der Waals surface area (Å²) in [6.07, 6.45) is 15.1. The minimum absolute atomic E-state index is 0.750. The summed E-state index contributed by atoms with van der Waals surface area (Å²) in [5.74, 6) is 0. The van der Waals surface area contributed by atoms with E-state index in [9.17, 15) is 0 Å². The van der Waals surface area contributed by atoms with Crippen molar-refractivity contribution >= 4 is 94.0 Å². The second-order valence-electron chi connectivity index (χ2n) is 9.93. The largest absolute Gasteiger partial charge is 0.398 e. The third-order valence-corrected chi connectivity index (χ3v) is 9.60. The fourth-order valence-electron chi connectivity index (χ4n) is 5.44. The number of halogens is 6. The van der Waals surface area contributed by atoms with Gasteiger partial charge in [0.2, 0.25) is 0 Å². The maximum absolute atomic E-state index is 5.89. The molecule has 8 heteroatoms. The van der Waals surface area contributed by atoms with Crippen LogP contribution >= 0.6 is 82.6 Å². The van der Waals surface area contributed by atoms with E-state index >= 15 is 0 Å². The molecule has 6 rings (SSSR count). The van der Waals surface area contributed by atoms with E-state index in [1.807, 2.05) is 12.1 Å². The van der Waals surface area contributed by atoms with Crippen LogP contribution in [0.2, 0.25) is 0 Å². The fourth-order valence-corrected chi connectivity index (χ4v) is 7.15. The Labute approximate surface area is 273 Å². The monoisotopic (exact) mass is 778 g/mol. The molecule has 0 aromatic heterocycles. The van der Waals surface area contributed by atoms with Gasteiger partial charge in [0.15, 0.2) is 4.30 Å². The maximum atomic E-state index is 5.89. The van der Waals surface area contributed by atoms with Crippen LogP contribution in [0.4, 0.5) is 11.4 Å². The average molecular weight is 783 g/mol. The zero-order valence-electron chi connectivity index (χ0n) is 22.0. The van der Waals surface area contributed by atoms with Gasteiger partial charge in [0, 0.05) is 24.8 Å². The highest BCUT2D eigenvalue weighted by Gasteiger charge is 2.15. The van der Waals surface area contributed by atoms with Crippen LogP contribution < -0.4 is 11.5 Å². The van der Waals surface area contributed by atoms with E-state index < -0.39 is 4.30 Å². The van der Waals surface area contributed by atoms with E-state index in [4.69, 9.17) is 46.3 Å². The molecule has 0 atom stereocenters. The number of benzene rings is 3. The van der Waals surface area contributed by atoms with Crippen molar-refractivity contribution in [3.8, 4) is 0 Å². The van der Waals surface area contributed by atoms with Gasteiger partial charge < -0.3 is 11.5 Å². The van der Waals surface area contributed by atoms with E-state index in [1.165, 1.54) is 117 Å². The van der Waals surface area contributed by atoms with Crippen LogP contribution in [-0.2, 0) is 38.5 Å². The number of nitrogen functional groups attached to an aromatic ring is 2. The first-order valence-corrected chi connectivity index (χ1v) is 17.2. The molecular formula is C31H36Br3Cl3N2. The van der Waals surface area contributed by atoms with Gasteiger partial charge in [0.05, 0.1) is 0 Å². The molecule has 4 N–H and O–H groups in total. The minimum Gasteiger partial charge on any atom is -0.398 e. The molecule has 212 valence electrons. The Morgan fingerprint density at radius 3 is 1.31 bits per heavy atom. The summed E-state index contributed by atoms with van der Waals surface area (Å²) in [5, 5.41) is 0. The van der Waals surface area contributed by atoms with Crippen LogP contribution in [0.1, 0.15) is 71.9 Å². The van der Waals surface area contributed by atoms with Crippen molar-refractivity contribution in [2.75, 3.05) is 11.5 Å². The molecule has 2 nitrogen and oxygen atoms in total. The standard InChI is InChI=1S/C10H10Br2.C10H12BrN.C10H13N.CHCl3/c2*11-9-5-6-10(12)8-4-2-1-3-7(8)9;11-10-7-3-5-8-4-1-2-6-9(8)10;2-1(3)4/h5-6H,1-4H2;5-6H,1-4,12H2;3,5,7H,1-2,4,6,11H2;1H. The van der Waals surface area contributed by atoms with Gasteiger partial charge in [-0.2, -0.15) is 0 Å². The molecule has 0 unspecified atom stereocenters. The van der Waals surface area contributed by atoms with Crippen molar-refractivity contribution in [3.05, 3.63) is 89.3 Å². The highest BCUT2D eigenvalue weighted by atomic mass is 79.9. The third-order valence-electron chi connectivity index (χ3n) is 7.37. The van der Waals surface area contributed by atoms with Gasteiger partial charge in [-0.1, -0.05) is 94.7 Å². The number of hydrogen-bond donors (Lipinski definition) is 2. The predicted molar refractivity (Wildman–Crippen MR) is 183 cm³/mol. The van der Waals surface area contributed by atoms with Crippen molar-refractivity contribution in [2.24, 2.45) is 0 Å². The lowest BCUT2D eigenvalue weighted by Gasteiger charge is -2.18. The Balaban J connectivity index is 0.000000151. The molecule has 0 heterocycles. The van der Waals surface area contributed by atoms with Crippen molar-refractivity contribution < 1.29 is 0 Å². The summed E-state index contributed by atoms with van der Waals surface area (Å²) < 4.78 is 3.03. The van der Waals surface area contributed by atoms with Gasteiger partial charge in [-0.25, -0.2) is 0 Å². The van der Waals surface area contributed by atoms with Gasteiger partial charge in [-0.15, -0.1) is 0 Å². The summed E-state index contributed by atoms with van der Waals surface area (Å²) in [6, 6.07) is 14.6. The van der Waals surface area contributed by atoms with Crippen molar-refractivity contribution in [1.82, 2.24) is 0 Å². The van der Waals surface area contributed by atoms with Crippen molar-refractivity contribution in [1.29, 1.82) is 0 Å². The van der Waals surface area contributed by atoms with Gasteiger partial charge in [-0.05, 0) is 141 Å². The summed E-state index contributed by atoms with van der Waals surface area (Å²) in [5.41, 5.74) is 22.4. The molecule has 3 aliphatic rings. The first kappa shape index (κ1) is 33.1. The molecule has 0 fully saturated rings. The van der Waals surface area contributed by atoms with Gasteiger partial charge in [0.25, 0.3) is 0 Å². The van der Waals surface area contributed by atoms with E-state index in [2.05, 4.69) is 78.1 Å². The molecule has 3 aliphatic carbocycles. The smallest absolute Gasteiger partial charge is 0.180 e. The van der Waals surface area contributed by atoms with Crippen LogP contribution in [0.3, 0.4) is 0 Å². The molecule has 0 saturated carbocycles. The second-order valence-corrected chi connectivity index (χ2v) is 14.5. The topological polar surface area (TPSA) is 52.0 Å².